The minimum Gasteiger partial charge on any atom is -0.394 e. The quantitative estimate of drug-likeness (QED) is 0.0292. The van der Waals surface area contributed by atoms with Gasteiger partial charge in [0.15, 0.2) is 12.6 Å². The number of aliphatic hydroxyl groups excluding tert-OH is 8. The highest BCUT2D eigenvalue weighted by Gasteiger charge is 2.50. The fraction of sp³-hybridized carbons (Fsp3) is 0.596. The van der Waals surface area contributed by atoms with Gasteiger partial charge in [0, 0.05) is 6.42 Å². The molecule has 14 nitrogen and oxygen atoms in total. The van der Waals surface area contributed by atoms with Crippen LogP contribution in [0.15, 0.2) is 122 Å². The van der Waals surface area contributed by atoms with Crippen molar-refractivity contribution in [3.8, 4) is 0 Å². The van der Waals surface area contributed by atoms with Gasteiger partial charge >= 0.3 is 0 Å². The maximum atomic E-state index is 12.9. The predicted molar refractivity (Wildman–Crippen MR) is 258 cm³/mol. The zero-order valence-electron chi connectivity index (χ0n) is 39.1. The van der Waals surface area contributed by atoms with Crippen LogP contribution in [-0.4, -0.2) is 140 Å². The molecule has 2 heterocycles. The van der Waals surface area contributed by atoms with Crippen molar-refractivity contribution in [2.75, 3.05) is 19.8 Å². The van der Waals surface area contributed by atoms with Gasteiger partial charge in [-0.2, -0.15) is 0 Å². The van der Waals surface area contributed by atoms with E-state index in [0.717, 1.165) is 64.2 Å². The van der Waals surface area contributed by atoms with Gasteiger partial charge in [0.1, 0.15) is 48.8 Å². The number of ether oxygens (including phenoxy) is 4. The summed E-state index contributed by atoms with van der Waals surface area (Å²) in [5, 5.41) is 85.7. The number of nitrogens with one attached hydrogen (secondary N) is 1. The minimum atomic E-state index is -1.80. The summed E-state index contributed by atoms with van der Waals surface area (Å²) in [7, 11) is 0. The lowest BCUT2D eigenvalue weighted by atomic mass is 9.97. The molecule has 0 aromatic rings. The molecule has 0 radical (unpaired) electrons. The second-order valence-corrected chi connectivity index (χ2v) is 16.1. The van der Waals surface area contributed by atoms with Gasteiger partial charge in [0.05, 0.1) is 32.0 Å². The van der Waals surface area contributed by atoms with Crippen LogP contribution in [0.4, 0.5) is 0 Å². The third-order valence-corrected chi connectivity index (χ3v) is 10.6. The molecule has 9 N–H and O–H groups in total. The van der Waals surface area contributed by atoms with Gasteiger partial charge in [0.2, 0.25) is 5.91 Å². The molecule has 0 aromatic heterocycles. The number of allylic oxidation sites excluding steroid dienone is 19. The molecule has 66 heavy (non-hydrogen) atoms. The Bertz CT molecular complexity index is 1560. The number of carbonyl (C=O) groups excluding carboxylic acids is 1. The molecule has 1 amide bonds. The largest absolute Gasteiger partial charge is 0.394 e. The van der Waals surface area contributed by atoms with Crippen molar-refractivity contribution in [3.05, 3.63) is 122 Å². The van der Waals surface area contributed by atoms with E-state index in [1.54, 1.807) is 12.2 Å². The van der Waals surface area contributed by atoms with Crippen molar-refractivity contribution in [3.63, 3.8) is 0 Å². The molecule has 2 aliphatic heterocycles. The number of aliphatic hydroxyl groups is 8. The Morgan fingerprint density at radius 2 is 1.02 bits per heavy atom. The van der Waals surface area contributed by atoms with Gasteiger partial charge in [-0.1, -0.05) is 142 Å². The smallest absolute Gasteiger partial charge is 0.220 e. The van der Waals surface area contributed by atoms with Crippen molar-refractivity contribution in [2.24, 2.45) is 0 Å². The van der Waals surface area contributed by atoms with E-state index in [9.17, 15) is 45.6 Å². The SMILES string of the molecule is CC/C=C\C/C=C\C/C=C\C/C=C\C/C=C\C/C=C\C/C=C\C/C=C\C/C=C\CCCC(=O)NC(COC1OC(CO)C(OC2OC(CO)C(O)C(O)C2O)C(O)C1O)C(O)/C=C/CCC. The first-order valence-corrected chi connectivity index (χ1v) is 23.8. The summed E-state index contributed by atoms with van der Waals surface area (Å²) in [4.78, 5) is 12.9. The highest BCUT2D eigenvalue weighted by atomic mass is 16.7. The standard InChI is InChI=1S/C52H81NO13/c1-3-5-7-8-9-10-11-12-13-14-15-16-17-18-19-20-21-22-23-24-25-26-27-28-29-30-31-32-34-36-44(57)53-40(41(56)35-33-6-4-2)39-63-51-49(62)47(60)50(43(38-55)65-51)66-52-48(61)46(59)45(58)42(37-54)64-52/h5,7,9-10,12-13,15-16,18-19,21-22,24-25,27-28,30-31,33,35,40-43,45-52,54-56,58-62H,3-4,6,8,11,14,17,20,23,26,29,32,34,36-39H2,1-2H3,(H,53,57)/b7-5-,10-9-,13-12-,16-15-,19-18-,22-21-,25-24-,28-27-,31-30-,35-33+. The summed E-state index contributed by atoms with van der Waals surface area (Å²) in [5.74, 6) is -0.318. The summed E-state index contributed by atoms with van der Waals surface area (Å²) in [6.45, 7) is 2.35. The average Bonchev–Trinajstić information content (AvgIpc) is 3.31. The lowest BCUT2D eigenvalue weighted by Gasteiger charge is -2.46. The molecule has 12 atom stereocenters. The zero-order chi connectivity index (χ0) is 48.2. The number of rotatable bonds is 33. The summed E-state index contributed by atoms with van der Waals surface area (Å²) in [5.41, 5.74) is 0. The van der Waals surface area contributed by atoms with Crippen LogP contribution < -0.4 is 5.32 Å². The van der Waals surface area contributed by atoms with Gasteiger partial charge in [0.25, 0.3) is 0 Å². The molecule has 372 valence electrons. The molecule has 0 saturated carbocycles. The summed E-state index contributed by atoms with van der Waals surface area (Å²) < 4.78 is 22.4. The number of amides is 1. The maximum absolute atomic E-state index is 12.9. The zero-order valence-corrected chi connectivity index (χ0v) is 39.1. The number of carbonyl (C=O) groups is 1. The number of hydrogen-bond donors (Lipinski definition) is 9. The first kappa shape index (κ1) is 58.5. The first-order chi connectivity index (χ1) is 32.1. The number of hydrogen-bond acceptors (Lipinski definition) is 13. The van der Waals surface area contributed by atoms with E-state index in [-0.39, 0.29) is 18.9 Å². The van der Waals surface area contributed by atoms with Gasteiger partial charge in [-0.05, 0) is 77.0 Å². The molecule has 0 bridgehead atoms. The fourth-order valence-corrected chi connectivity index (χ4v) is 6.77. The van der Waals surface area contributed by atoms with Gasteiger partial charge in [-0.25, -0.2) is 0 Å². The van der Waals surface area contributed by atoms with E-state index in [1.165, 1.54) is 0 Å². The molecule has 2 saturated heterocycles. The fourth-order valence-electron chi connectivity index (χ4n) is 6.77. The van der Waals surface area contributed by atoms with E-state index in [2.05, 4.69) is 116 Å². The van der Waals surface area contributed by atoms with Crippen molar-refractivity contribution < 1.29 is 64.6 Å². The summed E-state index contributed by atoms with van der Waals surface area (Å²) >= 11 is 0. The van der Waals surface area contributed by atoms with Gasteiger partial charge in [-0.3, -0.25) is 4.79 Å². The van der Waals surface area contributed by atoms with Crippen LogP contribution in [0.5, 0.6) is 0 Å². The normalized spacial score (nSPS) is 27.9. The van der Waals surface area contributed by atoms with Crippen molar-refractivity contribution >= 4 is 5.91 Å². The molecule has 12 unspecified atom stereocenters. The van der Waals surface area contributed by atoms with Crippen LogP contribution in [0.2, 0.25) is 0 Å². The Labute approximate surface area is 393 Å². The first-order valence-electron chi connectivity index (χ1n) is 23.8. The Kier molecular flexibility index (Phi) is 33.1. The molecule has 0 aromatic carbocycles. The topological polar surface area (TPSA) is 228 Å². The Hall–Kier alpha value is -3.61. The van der Waals surface area contributed by atoms with E-state index >= 15 is 0 Å². The van der Waals surface area contributed by atoms with Crippen molar-refractivity contribution in [1.82, 2.24) is 5.32 Å². The molecule has 2 aliphatic rings. The maximum Gasteiger partial charge on any atom is 0.220 e. The highest BCUT2D eigenvalue weighted by molar-refractivity contribution is 5.76. The van der Waals surface area contributed by atoms with Crippen molar-refractivity contribution in [1.29, 1.82) is 0 Å². The van der Waals surface area contributed by atoms with E-state index < -0.39 is 86.8 Å². The van der Waals surface area contributed by atoms with Crippen LogP contribution in [0.25, 0.3) is 0 Å². The molecular weight excluding hydrogens is 847 g/mol. The molecule has 2 rings (SSSR count). The second kappa shape index (κ2) is 37.4. The summed E-state index contributed by atoms with van der Waals surface area (Å²) in [6, 6.07) is -0.949. The van der Waals surface area contributed by atoms with Gasteiger partial charge in [-0.15, -0.1) is 0 Å². The molecular formula is C52H81NO13. The third-order valence-electron chi connectivity index (χ3n) is 10.6. The Morgan fingerprint density at radius 3 is 1.48 bits per heavy atom. The Balaban J connectivity index is 1.68. The molecule has 0 spiro atoms. The van der Waals surface area contributed by atoms with Crippen LogP contribution in [0.3, 0.4) is 0 Å². The van der Waals surface area contributed by atoms with Gasteiger partial charge < -0.3 is 65.1 Å². The van der Waals surface area contributed by atoms with Crippen LogP contribution in [-0.2, 0) is 23.7 Å². The van der Waals surface area contributed by atoms with Crippen LogP contribution >= 0.6 is 0 Å². The van der Waals surface area contributed by atoms with Crippen LogP contribution in [0, 0.1) is 0 Å². The summed E-state index contributed by atoms with van der Waals surface area (Å²) in [6.07, 6.45) is 36.6. The molecule has 2 fully saturated rings. The van der Waals surface area contributed by atoms with Crippen LogP contribution in [0.1, 0.15) is 104 Å². The van der Waals surface area contributed by atoms with Crippen molar-refractivity contribution in [2.45, 2.75) is 177 Å². The molecule has 0 aliphatic carbocycles. The van der Waals surface area contributed by atoms with E-state index in [4.69, 9.17) is 18.9 Å². The highest BCUT2D eigenvalue weighted by Crippen LogP contribution is 2.29. The molecule has 14 heteroatoms. The average molecular weight is 928 g/mol. The number of unbranched alkanes of at least 4 members (excludes halogenated alkanes) is 2. The third kappa shape index (κ3) is 24.4. The predicted octanol–water partition coefficient (Wildman–Crippen LogP) is 5.54. The van der Waals surface area contributed by atoms with E-state index in [1.807, 2.05) is 13.0 Å². The lowest BCUT2D eigenvalue weighted by Crippen LogP contribution is -2.65. The lowest BCUT2D eigenvalue weighted by molar-refractivity contribution is -0.359. The second-order valence-electron chi connectivity index (χ2n) is 16.1. The van der Waals surface area contributed by atoms with E-state index in [0.29, 0.717) is 19.3 Å². The Morgan fingerprint density at radius 1 is 0.561 bits per heavy atom. The minimum absolute atomic E-state index is 0.189. The monoisotopic (exact) mass is 928 g/mol.